The van der Waals surface area contributed by atoms with Gasteiger partial charge in [0, 0.05) is 43.1 Å². The van der Waals surface area contributed by atoms with Crippen LogP contribution >= 0.6 is 23.2 Å². The molecule has 1 saturated heterocycles. The number of rotatable bonds is 6. The van der Waals surface area contributed by atoms with Crippen molar-refractivity contribution in [1.29, 1.82) is 0 Å². The Morgan fingerprint density at radius 1 is 0.935 bits per heavy atom. The molecule has 1 fully saturated rings. The van der Waals surface area contributed by atoms with E-state index in [0.29, 0.717) is 10.0 Å². The van der Waals surface area contributed by atoms with Gasteiger partial charge in [-0.2, -0.15) is 4.31 Å². The number of amides is 2. The minimum absolute atomic E-state index is 0.0746. The number of hydrogen-bond acceptors (Lipinski definition) is 4. The van der Waals surface area contributed by atoms with E-state index in [0.717, 1.165) is 5.56 Å². The molecule has 1 unspecified atom stereocenters. The first-order chi connectivity index (χ1) is 14.7. The van der Waals surface area contributed by atoms with Crippen molar-refractivity contribution >= 4 is 45.0 Å². The molecule has 0 bridgehead atoms. The molecule has 0 aromatic heterocycles. The average Bonchev–Trinajstić information content (AvgIpc) is 2.74. The summed E-state index contributed by atoms with van der Waals surface area (Å²) < 4.78 is 27.0. The quantitative estimate of drug-likeness (QED) is 0.683. The molecule has 1 atom stereocenters. The van der Waals surface area contributed by atoms with Gasteiger partial charge in [-0.05, 0) is 42.0 Å². The highest BCUT2D eigenvalue weighted by Gasteiger charge is 2.31. The molecule has 31 heavy (non-hydrogen) atoms. The summed E-state index contributed by atoms with van der Waals surface area (Å²) in [4.78, 5) is 26.3. The zero-order valence-electron chi connectivity index (χ0n) is 16.9. The summed E-state index contributed by atoms with van der Waals surface area (Å²) in [6.45, 7) is 2.34. The Bertz CT molecular complexity index is 1040. The molecule has 0 spiro atoms. The zero-order chi connectivity index (χ0) is 22.6. The fraction of sp³-hybridized carbons (Fsp3) is 0.333. The number of carbonyl (C=O) groups excluding carboxylic acids is 2. The van der Waals surface area contributed by atoms with Gasteiger partial charge in [0.25, 0.3) is 0 Å². The van der Waals surface area contributed by atoms with Crippen molar-refractivity contribution < 1.29 is 18.0 Å². The molecule has 166 valence electrons. The molecule has 10 heteroatoms. The summed E-state index contributed by atoms with van der Waals surface area (Å²) >= 11 is 11.8. The van der Waals surface area contributed by atoms with Gasteiger partial charge in [0.15, 0.2) is 0 Å². The van der Waals surface area contributed by atoms with E-state index in [1.807, 2.05) is 0 Å². The van der Waals surface area contributed by atoms with E-state index in [4.69, 9.17) is 23.2 Å². The van der Waals surface area contributed by atoms with Gasteiger partial charge in [-0.1, -0.05) is 35.3 Å². The number of nitrogens with zero attached hydrogens (tertiary/aromatic N) is 2. The van der Waals surface area contributed by atoms with E-state index in [9.17, 15) is 18.0 Å². The minimum atomic E-state index is -3.65. The maximum Gasteiger partial charge on any atom is 0.243 e. The third kappa shape index (κ3) is 5.98. The van der Waals surface area contributed by atoms with Crippen LogP contribution in [0.25, 0.3) is 0 Å². The lowest BCUT2D eigenvalue weighted by Crippen LogP contribution is -2.51. The summed E-state index contributed by atoms with van der Waals surface area (Å²) in [5.41, 5.74) is 0.775. The van der Waals surface area contributed by atoms with E-state index in [1.165, 1.54) is 35.5 Å². The second kappa shape index (κ2) is 9.99. The Morgan fingerprint density at radius 2 is 1.45 bits per heavy atom. The Morgan fingerprint density at radius 3 is 1.97 bits per heavy atom. The molecular formula is C21H23Cl2N3O4S. The van der Waals surface area contributed by atoms with Gasteiger partial charge in [-0.25, -0.2) is 8.42 Å². The lowest BCUT2D eigenvalue weighted by atomic mass is 10.0. The van der Waals surface area contributed by atoms with Crippen LogP contribution < -0.4 is 5.32 Å². The molecule has 3 rings (SSSR count). The Labute approximate surface area is 192 Å². The second-order valence-corrected chi connectivity index (χ2v) is 10.1. The summed E-state index contributed by atoms with van der Waals surface area (Å²) in [6, 6.07) is 12.5. The van der Waals surface area contributed by atoms with Gasteiger partial charge in [0.2, 0.25) is 21.8 Å². The van der Waals surface area contributed by atoms with Crippen LogP contribution in [0, 0.1) is 0 Å². The van der Waals surface area contributed by atoms with Crippen LogP contribution in [0.5, 0.6) is 0 Å². The second-order valence-electron chi connectivity index (χ2n) is 7.25. The van der Waals surface area contributed by atoms with Crippen LogP contribution in [-0.4, -0.2) is 55.6 Å². The lowest BCUT2D eigenvalue weighted by molar-refractivity contribution is -0.133. The summed E-state index contributed by atoms with van der Waals surface area (Å²) in [5.74, 6) is -0.399. The van der Waals surface area contributed by atoms with Crippen LogP contribution in [0.2, 0.25) is 10.0 Å². The highest BCUT2D eigenvalue weighted by molar-refractivity contribution is 7.89. The molecule has 1 aliphatic rings. The molecule has 2 aromatic rings. The predicted octanol–water partition coefficient (Wildman–Crippen LogP) is 3.09. The van der Waals surface area contributed by atoms with Crippen molar-refractivity contribution in [3.63, 3.8) is 0 Å². The number of hydrogen-bond donors (Lipinski definition) is 1. The fourth-order valence-electron chi connectivity index (χ4n) is 3.43. The highest BCUT2D eigenvalue weighted by Crippen LogP contribution is 2.23. The van der Waals surface area contributed by atoms with Crippen molar-refractivity contribution in [2.24, 2.45) is 0 Å². The summed E-state index contributed by atoms with van der Waals surface area (Å²) in [6.07, 6.45) is 0.0746. The van der Waals surface area contributed by atoms with Crippen molar-refractivity contribution in [3.8, 4) is 0 Å². The predicted molar refractivity (Wildman–Crippen MR) is 119 cm³/mol. The van der Waals surface area contributed by atoms with Gasteiger partial charge in [-0.15, -0.1) is 0 Å². The normalized spacial score (nSPS) is 16.0. The number of carbonyl (C=O) groups is 2. The van der Waals surface area contributed by atoms with Gasteiger partial charge in [-0.3, -0.25) is 9.59 Å². The highest BCUT2D eigenvalue weighted by atomic mass is 35.5. The number of halogens is 2. The van der Waals surface area contributed by atoms with Crippen molar-refractivity contribution in [1.82, 2.24) is 14.5 Å². The van der Waals surface area contributed by atoms with E-state index < -0.39 is 16.1 Å². The molecule has 0 radical (unpaired) electrons. The molecule has 0 aliphatic carbocycles. The monoisotopic (exact) mass is 483 g/mol. The molecule has 1 heterocycles. The fourth-order valence-corrected chi connectivity index (χ4v) is 5.10. The van der Waals surface area contributed by atoms with Crippen LogP contribution in [0.4, 0.5) is 0 Å². The van der Waals surface area contributed by atoms with Crippen molar-refractivity contribution in [3.05, 3.63) is 64.1 Å². The first kappa shape index (κ1) is 23.5. The van der Waals surface area contributed by atoms with Gasteiger partial charge in [0.05, 0.1) is 17.4 Å². The van der Waals surface area contributed by atoms with Crippen LogP contribution in [0.3, 0.4) is 0 Å². The number of piperazine rings is 1. The number of sulfonamides is 1. The van der Waals surface area contributed by atoms with E-state index in [-0.39, 0.29) is 49.3 Å². The summed E-state index contributed by atoms with van der Waals surface area (Å²) in [5, 5.41) is 3.82. The van der Waals surface area contributed by atoms with E-state index in [1.54, 1.807) is 29.2 Å². The van der Waals surface area contributed by atoms with Gasteiger partial charge < -0.3 is 10.2 Å². The van der Waals surface area contributed by atoms with E-state index in [2.05, 4.69) is 5.32 Å². The Kier molecular flexibility index (Phi) is 7.59. The van der Waals surface area contributed by atoms with Crippen LogP contribution in [-0.2, 0) is 19.6 Å². The number of benzene rings is 2. The first-order valence-corrected chi connectivity index (χ1v) is 11.9. The topological polar surface area (TPSA) is 86.8 Å². The molecule has 1 N–H and O–H groups in total. The Hall–Kier alpha value is -2.13. The molecular weight excluding hydrogens is 461 g/mol. The maximum atomic E-state index is 12.9. The third-order valence-electron chi connectivity index (χ3n) is 5.07. The maximum absolute atomic E-state index is 12.9. The standard InChI is InChI=1S/C21H23Cl2N3O4S/c1-15(27)24-20(16-2-4-17(22)5-3-16)14-21(28)25-10-12-26(13-11-25)31(29,30)19-8-6-18(23)7-9-19/h2-9,20H,10-14H2,1H3,(H,24,27). The molecule has 2 aromatic carbocycles. The van der Waals surface area contributed by atoms with E-state index >= 15 is 0 Å². The van der Waals surface area contributed by atoms with Gasteiger partial charge >= 0.3 is 0 Å². The SMILES string of the molecule is CC(=O)NC(CC(=O)N1CCN(S(=O)(=O)c2ccc(Cl)cc2)CC1)c1ccc(Cl)cc1. The largest absolute Gasteiger partial charge is 0.349 e. The lowest BCUT2D eigenvalue weighted by Gasteiger charge is -2.34. The third-order valence-corrected chi connectivity index (χ3v) is 7.49. The van der Waals surface area contributed by atoms with Crippen molar-refractivity contribution in [2.75, 3.05) is 26.2 Å². The molecule has 1 aliphatic heterocycles. The smallest absolute Gasteiger partial charge is 0.243 e. The van der Waals surface area contributed by atoms with Crippen LogP contribution in [0.1, 0.15) is 24.9 Å². The zero-order valence-corrected chi connectivity index (χ0v) is 19.3. The average molecular weight is 484 g/mol. The minimum Gasteiger partial charge on any atom is -0.349 e. The number of nitrogens with one attached hydrogen (secondary N) is 1. The molecule has 7 nitrogen and oxygen atoms in total. The summed E-state index contributed by atoms with van der Waals surface area (Å²) in [7, 11) is -3.65. The molecule has 2 amide bonds. The van der Waals surface area contributed by atoms with Crippen molar-refractivity contribution in [2.45, 2.75) is 24.3 Å². The molecule has 0 saturated carbocycles. The first-order valence-electron chi connectivity index (χ1n) is 9.73. The van der Waals surface area contributed by atoms with Gasteiger partial charge in [0.1, 0.15) is 0 Å². The van der Waals surface area contributed by atoms with Crippen LogP contribution in [0.15, 0.2) is 53.4 Å². The Balaban J connectivity index is 1.64.